The Morgan fingerprint density at radius 1 is 0.525 bits per heavy atom. The number of benzene rings is 3. The number of aryl methyl sites for hydroxylation is 1. The zero-order valence-corrected chi connectivity index (χ0v) is 34.0. The molecule has 0 aromatic heterocycles. The Bertz CT molecular complexity index is 1990. The molecule has 326 valence electrons. The fraction of sp³-hybridized carbons (Fsp3) is 0.311. The Morgan fingerprint density at radius 2 is 0.934 bits per heavy atom. The van der Waals surface area contributed by atoms with Gasteiger partial charge in [0.15, 0.2) is 29.3 Å². The van der Waals surface area contributed by atoms with Crippen LogP contribution in [0, 0.1) is 6.92 Å². The minimum Gasteiger partial charge on any atom is -0.490 e. The van der Waals surface area contributed by atoms with Crippen LogP contribution >= 0.6 is 0 Å². The molecule has 0 radical (unpaired) electrons. The highest BCUT2D eigenvalue weighted by Crippen LogP contribution is 2.32. The van der Waals surface area contributed by atoms with Gasteiger partial charge in [0.25, 0.3) is 0 Å². The van der Waals surface area contributed by atoms with Crippen molar-refractivity contribution in [2.45, 2.75) is 38.9 Å². The summed E-state index contributed by atoms with van der Waals surface area (Å²) >= 11 is 0. The topological polar surface area (TPSA) is 198 Å². The minimum atomic E-state index is -1.11. The van der Waals surface area contributed by atoms with Crippen LogP contribution in [-0.4, -0.2) is 94.1 Å². The van der Waals surface area contributed by atoms with Crippen LogP contribution in [-0.2, 0) is 33.3 Å². The number of hydrogen-bond donors (Lipinski definition) is 1. The van der Waals surface area contributed by atoms with E-state index in [1.807, 2.05) is 0 Å². The number of aliphatic hydroxyl groups is 1. The van der Waals surface area contributed by atoms with E-state index in [0.29, 0.717) is 42.7 Å². The quantitative estimate of drug-likeness (QED) is 0.0157. The summed E-state index contributed by atoms with van der Waals surface area (Å²) < 4.78 is 54.8. The van der Waals surface area contributed by atoms with Crippen molar-refractivity contribution in [1.82, 2.24) is 0 Å². The SMILES string of the molecule is C=CC(=O)OCCCOc1ccc(C(=O)Oc2ccc(OC(=O)c3ccc(OCCCOC(=O)C=C)c(OCCCOC(O)C=C)c3)c(C)c2)cc1OCCCOC(=O)C=C. The number of carbonyl (C=O) groups excluding carboxylic acids is 5. The number of esters is 5. The lowest BCUT2D eigenvalue weighted by atomic mass is 10.2. The second kappa shape index (κ2) is 27.0. The zero-order chi connectivity index (χ0) is 44.4. The van der Waals surface area contributed by atoms with Crippen molar-refractivity contribution in [3.8, 4) is 34.5 Å². The first-order chi connectivity index (χ1) is 29.5. The van der Waals surface area contributed by atoms with Crippen molar-refractivity contribution in [3.63, 3.8) is 0 Å². The van der Waals surface area contributed by atoms with Crippen LogP contribution < -0.4 is 28.4 Å². The summed E-state index contributed by atoms with van der Waals surface area (Å²) in [7, 11) is 0. The molecule has 1 N–H and O–H groups in total. The van der Waals surface area contributed by atoms with Gasteiger partial charge in [-0.1, -0.05) is 26.3 Å². The minimum absolute atomic E-state index is 0.0815. The predicted octanol–water partition coefficient (Wildman–Crippen LogP) is 6.22. The van der Waals surface area contributed by atoms with E-state index >= 15 is 0 Å². The summed E-state index contributed by atoms with van der Waals surface area (Å²) in [6.45, 7) is 16.3. The first kappa shape index (κ1) is 48.5. The Morgan fingerprint density at radius 3 is 1.36 bits per heavy atom. The Balaban J connectivity index is 1.68. The highest BCUT2D eigenvalue weighted by Gasteiger charge is 2.18. The van der Waals surface area contributed by atoms with E-state index in [0.717, 1.165) is 18.2 Å². The fourth-order valence-corrected chi connectivity index (χ4v) is 4.79. The molecule has 0 aliphatic carbocycles. The molecule has 0 saturated carbocycles. The molecule has 0 saturated heterocycles. The lowest BCUT2D eigenvalue weighted by Gasteiger charge is -2.15. The van der Waals surface area contributed by atoms with Crippen LogP contribution in [0.4, 0.5) is 0 Å². The molecule has 3 aromatic carbocycles. The number of ether oxygens (including phenoxy) is 10. The van der Waals surface area contributed by atoms with E-state index < -0.39 is 36.1 Å². The largest absolute Gasteiger partial charge is 0.490 e. The number of aliphatic hydroxyl groups excluding tert-OH is 1. The van der Waals surface area contributed by atoms with Crippen LogP contribution in [0.5, 0.6) is 34.5 Å². The average molecular weight is 847 g/mol. The molecule has 0 aliphatic rings. The normalized spacial score (nSPS) is 10.9. The molecule has 0 bridgehead atoms. The molecular weight excluding hydrogens is 796 g/mol. The first-order valence-corrected chi connectivity index (χ1v) is 19.1. The van der Waals surface area contributed by atoms with E-state index in [9.17, 15) is 29.1 Å². The third-order valence-corrected chi connectivity index (χ3v) is 7.83. The summed E-state index contributed by atoms with van der Waals surface area (Å²) in [5.41, 5.74) is 0.768. The molecule has 3 aromatic rings. The third-order valence-electron chi connectivity index (χ3n) is 7.83. The van der Waals surface area contributed by atoms with Crippen molar-refractivity contribution in [3.05, 3.63) is 122 Å². The van der Waals surface area contributed by atoms with E-state index in [2.05, 4.69) is 26.3 Å². The highest BCUT2D eigenvalue weighted by atomic mass is 16.6. The van der Waals surface area contributed by atoms with Crippen molar-refractivity contribution < 1.29 is 76.4 Å². The van der Waals surface area contributed by atoms with Gasteiger partial charge in [0.05, 0.1) is 64.0 Å². The standard InChI is InChI=1S/C45H50O16/c1-6-40(46)56-24-10-20-52-36-17-14-32(29-38(36)54-22-12-26-58-42(48)8-3)44(50)60-34-16-19-35(31(5)28-34)61-45(51)33-15-18-37(53-21-11-25-57-41(47)7-2)39(30-33)55-23-13-27-59-43(49)9-4/h6-9,14-19,28-30,43,49H,1-4,10-13,20-27H2,5H3. The fourth-order valence-electron chi connectivity index (χ4n) is 4.79. The molecule has 0 spiro atoms. The van der Waals surface area contributed by atoms with E-state index in [4.69, 9.17) is 47.4 Å². The van der Waals surface area contributed by atoms with E-state index in [-0.39, 0.29) is 87.0 Å². The van der Waals surface area contributed by atoms with Gasteiger partial charge in [-0.25, -0.2) is 24.0 Å². The van der Waals surface area contributed by atoms with Crippen LogP contribution in [0.1, 0.15) is 52.0 Å². The third kappa shape index (κ3) is 17.9. The molecule has 61 heavy (non-hydrogen) atoms. The van der Waals surface area contributed by atoms with Gasteiger partial charge in [0, 0.05) is 43.9 Å². The van der Waals surface area contributed by atoms with Crippen molar-refractivity contribution >= 4 is 29.8 Å². The van der Waals surface area contributed by atoms with Gasteiger partial charge in [0.2, 0.25) is 0 Å². The van der Waals surface area contributed by atoms with Gasteiger partial charge in [-0.3, -0.25) is 0 Å². The molecule has 0 heterocycles. The Kier molecular flexibility index (Phi) is 21.4. The molecule has 16 heteroatoms. The van der Waals surface area contributed by atoms with Crippen molar-refractivity contribution in [2.75, 3.05) is 52.9 Å². The number of hydrogen-bond acceptors (Lipinski definition) is 16. The van der Waals surface area contributed by atoms with Gasteiger partial charge in [-0.05, 0) is 73.2 Å². The summed E-state index contributed by atoms with van der Waals surface area (Å²) in [6.07, 6.45) is 4.82. The maximum atomic E-state index is 13.3. The van der Waals surface area contributed by atoms with Crippen LogP contribution in [0.3, 0.4) is 0 Å². The summed E-state index contributed by atoms with van der Waals surface area (Å²) in [6, 6.07) is 13.5. The van der Waals surface area contributed by atoms with Gasteiger partial charge in [-0.2, -0.15) is 0 Å². The second-order valence-electron chi connectivity index (χ2n) is 12.4. The zero-order valence-electron chi connectivity index (χ0n) is 34.0. The van der Waals surface area contributed by atoms with E-state index in [1.54, 1.807) is 13.0 Å². The van der Waals surface area contributed by atoms with Crippen molar-refractivity contribution in [1.29, 1.82) is 0 Å². The van der Waals surface area contributed by atoms with Gasteiger partial charge < -0.3 is 52.5 Å². The summed E-state index contributed by atoms with van der Waals surface area (Å²) in [5, 5.41) is 9.53. The second-order valence-corrected chi connectivity index (χ2v) is 12.4. The van der Waals surface area contributed by atoms with E-state index in [1.165, 1.54) is 54.6 Å². The average Bonchev–Trinajstić information content (AvgIpc) is 3.26. The maximum absolute atomic E-state index is 13.3. The summed E-state index contributed by atoms with van der Waals surface area (Å²) in [5.74, 6) is -1.59. The van der Waals surface area contributed by atoms with Gasteiger partial charge in [0.1, 0.15) is 11.5 Å². The van der Waals surface area contributed by atoms with Gasteiger partial charge >= 0.3 is 29.8 Å². The van der Waals surface area contributed by atoms with Crippen LogP contribution in [0.15, 0.2) is 105 Å². The van der Waals surface area contributed by atoms with Crippen molar-refractivity contribution in [2.24, 2.45) is 0 Å². The maximum Gasteiger partial charge on any atom is 0.343 e. The lowest BCUT2D eigenvalue weighted by molar-refractivity contribution is -0.138. The Hall–Kier alpha value is -6.91. The monoisotopic (exact) mass is 846 g/mol. The molecule has 0 fully saturated rings. The smallest absolute Gasteiger partial charge is 0.343 e. The highest BCUT2D eigenvalue weighted by molar-refractivity contribution is 5.93. The van der Waals surface area contributed by atoms with Crippen LogP contribution in [0.2, 0.25) is 0 Å². The molecular formula is C45H50O16. The predicted molar refractivity (Wildman–Crippen MR) is 220 cm³/mol. The lowest BCUT2D eigenvalue weighted by Crippen LogP contribution is -2.13. The Labute approximate surface area is 353 Å². The summed E-state index contributed by atoms with van der Waals surface area (Å²) in [4.78, 5) is 60.6. The molecule has 1 atom stereocenters. The number of carbonyl (C=O) groups is 5. The molecule has 3 rings (SSSR count). The molecule has 16 nitrogen and oxygen atoms in total. The number of rotatable bonds is 29. The molecule has 0 amide bonds. The molecule has 1 unspecified atom stereocenters. The first-order valence-electron chi connectivity index (χ1n) is 19.1. The molecule has 0 aliphatic heterocycles. The van der Waals surface area contributed by atoms with Gasteiger partial charge in [-0.15, -0.1) is 0 Å². The van der Waals surface area contributed by atoms with Crippen LogP contribution in [0.25, 0.3) is 0 Å².